The van der Waals surface area contributed by atoms with Gasteiger partial charge in [-0.1, -0.05) is 0 Å². The SMILES string of the molecule is CCOCc1nc2c(N)nc(C)c(C)c2n1NC1CCC1. The molecule has 2 aromatic rings. The second-order valence-electron chi connectivity index (χ2n) is 5.66. The van der Waals surface area contributed by atoms with Gasteiger partial charge in [-0.05, 0) is 45.6 Å². The molecule has 2 heterocycles. The van der Waals surface area contributed by atoms with Gasteiger partial charge < -0.3 is 15.9 Å². The van der Waals surface area contributed by atoms with Crippen LogP contribution in [0.15, 0.2) is 0 Å². The van der Waals surface area contributed by atoms with E-state index in [1.165, 1.54) is 19.3 Å². The van der Waals surface area contributed by atoms with Gasteiger partial charge >= 0.3 is 0 Å². The number of anilines is 1. The molecule has 0 amide bonds. The van der Waals surface area contributed by atoms with E-state index in [2.05, 4.69) is 27.0 Å². The highest BCUT2D eigenvalue weighted by Crippen LogP contribution is 2.27. The summed E-state index contributed by atoms with van der Waals surface area (Å²) in [4.78, 5) is 9.03. The van der Waals surface area contributed by atoms with Crippen molar-refractivity contribution in [3.63, 3.8) is 0 Å². The average molecular weight is 289 g/mol. The minimum atomic E-state index is 0.475. The smallest absolute Gasteiger partial charge is 0.154 e. The van der Waals surface area contributed by atoms with Crippen LogP contribution < -0.4 is 11.2 Å². The van der Waals surface area contributed by atoms with Gasteiger partial charge in [-0.3, -0.25) is 0 Å². The van der Waals surface area contributed by atoms with E-state index < -0.39 is 0 Å². The fourth-order valence-electron chi connectivity index (χ4n) is 2.63. The first-order chi connectivity index (χ1) is 10.1. The first kappa shape index (κ1) is 14.1. The van der Waals surface area contributed by atoms with Crippen molar-refractivity contribution >= 4 is 16.9 Å². The summed E-state index contributed by atoms with van der Waals surface area (Å²) < 4.78 is 7.61. The molecule has 1 aliphatic carbocycles. The van der Waals surface area contributed by atoms with Crippen LogP contribution in [0.1, 0.15) is 43.3 Å². The van der Waals surface area contributed by atoms with Crippen LogP contribution in [-0.2, 0) is 11.3 Å². The molecule has 0 aliphatic heterocycles. The number of nitrogen functional groups attached to an aromatic ring is 1. The molecular weight excluding hydrogens is 266 g/mol. The Kier molecular flexibility index (Phi) is 3.71. The molecule has 0 spiro atoms. The van der Waals surface area contributed by atoms with E-state index in [0.29, 0.717) is 25.1 Å². The molecule has 0 saturated heterocycles. The minimum absolute atomic E-state index is 0.475. The van der Waals surface area contributed by atoms with E-state index >= 15 is 0 Å². The van der Waals surface area contributed by atoms with E-state index in [-0.39, 0.29) is 0 Å². The molecule has 3 rings (SSSR count). The van der Waals surface area contributed by atoms with Crippen molar-refractivity contribution in [2.45, 2.75) is 52.7 Å². The van der Waals surface area contributed by atoms with E-state index in [1.54, 1.807) is 0 Å². The molecule has 1 saturated carbocycles. The molecule has 0 unspecified atom stereocenters. The van der Waals surface area contributed by atoms with Crippen molar-refractivity contribution < 1.29 is 4.74 Å². The zero-order chi connectivity index (χ0) is 15.0. The average Bonchev–Trinajstić information content (AvgIpc) is 2.77. The van der Waals surface area contributed by atoms with Gasteiger partial charge in [0.05, 0.1) is 5.52 Å². The summed E-state index contributed by atoms with van der Waals surface area (Å²) in [7, 11) is 0. The molecule has 1 fully saturated rings. The lowest BCUT2D eigenvalue weighted by molar-refractivity contribution is 0.126. The number of aryl methyl sites for hydroxylation is 2. The standard InChI is InChI=1S/C15H23N5O/c1-4-21-8-12-18-13-14(9(2)10(3)17-15(13)16)20(12)19-11-6-5-7-11/h11,19H,4-8H2,1-3H3,(H2,16,17). The predicted molar refractivity (Wildman–Crippen MR) is 83.7 cm³/mol. The first-order valence-electron chi connectivity index (χ1n) is 7.60. The monoisotopic (exact) mass is 289 g/mol. The second kappa shape index (κ2) is 5.52. The maximum atomic E-state index is 6.06. The van der Waals surface area contributed by atoms with Crippen molar-refractivity contribution in [1.82, 2.24) is 14.6 Å². The number of hydrogen-bond acceptors (Lipinski definition) is 5. The van der Waals surface area contributed by atoms with Crippen molar-refractivity contribution in [2.75, 3.05) is 17.8 Å². The lowest BCUT2D eigenvalue weighted by Crippen LogP contribution is -2.34. The van der Waals surface area contributed by atoms with Crippen LogP contribution in [0.3, 0.4) is 0 Å². The zero-order valence-corrected chi connectivity index (χ0v) is 12.9. The predicted octanol–water partition coefficient (Wildman–Crippen LogP) is 2.26. The fraction of sp³-hybridized carbons (Fsp3) is 0.600. The Morgan fingerprint density at radius 2 is 2.10 bits per heavy atom. The first-order valence-corrected chi connectivity index (χ1v) is 7.60. The van der Waals surface area contributed by atoms with Crippen LogP contribution in [0, 0.1) is 13.8 Å². The maximum Gasteiger partial charge on any atom is 0.154 e. The number of nitrogens with one attached hydrogen (secondary N) is 1. The molecule has 0 bridgehead atoms. The highest BCUT2D eigenvalue weighted by Gasteiger charge is 2.22. The Morgan fingerprint density at radius 1 is 1.33 bits per heavy atom. The van der Waals surface area contributed by atoms with Gasteiger partial charge in [0.1, 0.15) is 12.1 Å². The van der Waals surface area contributed by atoms with Crippen LogP contribution >= 0.6 is 0 Å². The van der Waals surface area contributed by atoms with E-state index in [0.717, 1.165) is 28.1 Å². The number of ether oxygens (including phenoxy) is 1. The molecule has 1 aliphatic rings. The quantitative estimate of drug-likeness (QED) is 0.882. The largest absolute Gasteiger partial charge is 0.382 e. The molecule has 21 heavy (non-hydrogen) atoms. The number of fused-ring (bicyclic) bond motifs is 1. The number of imidazole rings is 1. The number of aromatic nitrogens is 3. The Bertz CT molecular complexity index is 660. The Labute approximate surface area is 124 Å². The summed E-state index contributed by atoms with van der Waals surface area (Å²) in [6.07, 6.45) is 3.69. The van der Waals surface area contributed by atoms with Crippen LogP contribution in [-0.4, -0.2) is 27.3 Å². The molecule has 2 aromatic heterocycles. The highest BCUT2D eigenvalue weighted by molar-refractivity contribution is 5.88. The Hall–Kier alpha value is -1.82. The van der Waals surface area contributed by atoms with E-state index in [1.807, 2.05) is 13.8 Å². The third-order valence-electron chi connectivity index (χ3n) is 4.23. The van der Waals surface area contributed by atoms with Crippen molar-refractivity contribution in [1.29, 1.82) is 0 Å². The van der Waals surface area contributed by atoms with Crippen molar-refractivity contribution in [3.8, 4) is 0 Å². The summed E-state index contributed by atoms with van der Waals surface area (Å²) in [5.41, 5.74) is 13.5. The van der Waals surface area contributed by atoms with Crippen molar-refractivity contribution in [2.24, 2.45) is 0 Å². The molecule has 6 heteroatoms. The molecular formula is C15H23N5O. The second-order valence-corrected chi connectivity index (χ2v) is 5.66. The van der Waals surface area contributed by atoms with E-state index in [4.69, 9.17) is 10.5 Å². The normalized spacial score (nSPS) is 15.4. The number of pyridine rings is 1. The molecule has 0 aromatic carbocycles. The number of hydrogen-bond donors (Lipinski definition) is 2. The summed E-state index contributed by atoms with van der Waals surface area (Å²) in [5, 5.41) is 0. The van der Waals surface area contributed by atoms with Gasteiger partial charge in [-0.2, -0.15) is 0 Å². The summed E-state index contributed by atoms with van der Waals surface area (Å²) in [6.45, 7) is 7.17. The van der Waals surface area contributed by atoms with Gasteiger partial charge in [0.15, 0.2) is 11.6 Å². The van der Waals surface area contributed by atoms with E-state index in [9.17, 15) is 0 Å². The molecule has 6 nitrogen and oxygen atoms in total. The minimum Gasteiger partial charge on any atom is -0.382 e. The maximum absolute atomic E-state index is 6.06. The van der Waals surface area contributed by atoms with Gasteiger partial charge in [0, 0.05) is 18.3 Å². The van der Waals surface area contributed by atoms with Crippen LogP contribution in [0.2, 0.25) is 0 Å². The zero-order valence-electron chi connectivity index (χ0n) is 12.9. The molecule has 0 radical (unpaired) electrons. The molecule has 114 valence electrons. The van der Waals surface area contributed by atoms with Gasteiger partial charge in [-0.15, -0.1) is 0 Å². The van der Waals surface area contributed by atoms with Crippen molar-refractivity contribution in [3.05, 3.63) is 17.1 Å². The lowest BCUT2D eigenvalue weighted by Gasteiger charge is -2.29. The lowest BCUT2D eigenvalue weighted by atomic mass is 9.94. The highest BCUT2D eigenvalue weighted by atomic mass is 16.5. The molecule has 0 atom stereocenters. The van der Waals surface area contributed by atoms with Crippen LogP contribution in [0.25, 0.3) is 11.0 Å². The number of nitrogens with two attached hydrogens (primary N) is 1. The number of nitrogens with zero attached hydrogens (tertiary/aromatic N) is 3. The topological polar surface area (TPSA) is 78.0 Å². The summed E-state index contributed by atoms with van der Waals surface area (Å²) in [5.74, 6) is 1.35. The van der Waals surface area contributed by atoms with Crippen LogP contribution in [0.4, 0.5) is 5.82 Å². The van der Waals surface area contributed by atoms with Gasteiger partial charge in [0.25, 0.3) is 0 Å². The Morgan fingerprint density at radius 3 is 2.71 bits per heavy atom. The third-order valence-corrected chi connectivity index (χ3v) is 4.23. The molecule has 3 N–H and O–H groups in total. The van der Waals surface area contributed by atoms with Crippen LogP contribution in [0.5, 0.6) is 0 Å². The number of rotatable bonds is 5. The third kappa shape index (κ3) is 2.44. The Balaban J connectivity index is 2.12. The fourth-order valence-corrected chi connectivity index (χ4v) is 2.63. The summed E-state index contributed by atoms with van der Waals surface area (Å²) >= 11 is 0. The van der Waals surface area contributed by atoms with Gasteiger partial charge in [-0.25, -0.2) is 14.6 Å². The summed E-state index contributed by atoms with van der Waals surface area (Å²) in [6, 6.07) is 0.511. The van der Waals surface area contributed by atoms with Gasteiger partial charge in [0.2, 0.25) is 0 Å².